The van der Waals surface area contributed by atoms with Gasteiger partial charge in [-0.25, -0.2) is 9.50 Å². The zero-order valence-electron chi connectivity index (χ0n) is 13.9. The highest BCUT2D eigenvalue weighted by Crippen LogP contribution is 2.34. The van der Waals surface area contributed by atoms with Crippen LogP contribution in [-0.2, 0) is 4.79 Å². The van der Waals surface area contributed by atoms with Crippen LogP contribution in [0.3, 0.4) is 0 Å². The van der Waals surface area contributed by atoms with Crippen molar-refractivity contribution in [2.24, 2.45) is 0 Å². The summed E-state index contributed by atoms with van der Waals surface area (Å²) in [5, 5.41) is 7.71. The summed E-state index contributed by atoms with van der Waals surface area (Å²) in [7, 11) is 0. The number of imide groups is 1. The Balaban J connectivity index is 1.71. The number of aromatic nitrogens is 3. The van der Waals surface area contributed by atoms with E-state index in [0.717, 1.165) is 17.3 Å². The van der Waals surface area contributed by atoms with Crippen molar-refractivity contribution >= 4 is 56.9 Å². The van der Waals surface area contributed by atoms with Gasteiger partial charge in [-0.15, -0.1) is 0 Å². The van der Waals surface area contributed by atoms with Gasteiger partial charge < -0.3 is 4.42 Å². The molecule has 0 aliphatic carbocycles. The molecule has 138 valence electrons. The minimum absolute atomic E-state index is 0.287. The van der Waals surface area contributed by atoms with Crippen LogP contribution in [0.15, 0.2) is 52.0 Å². The molecule has 0 bridgehead atoms. The number of hydrogen-bond acceptors (Lipinski definition) is 7. The molecule has 0 saturated carbocycles. The normalized spacial score (nSPS) is 15.7. The quantitative estimate of drug-likeness (QED) is 0.476. The smallest absolute Gasteiger partial charge is 0.290 e. The van der Waals surface area contributed by atoms with Crippen LogP contribution in [0.2, 0.25) is 5.02 Å². The van der Waals surface area contributed by atoms with Gasteiger partial charge >= 0.3 is 0 Å². The molecule has 5 rings (SSSR count). The van der Waals surface area contributed by atoms with Crippen LogP contribution >= 0.6 is 34.7 Å². The number of carbonyl (C=O) groups excluding carboxylic acids is 2. The van der Waals surface area contributed by atoms with Gasteiger partial charge in [-0.3, -0.25) is 14.9 Å². The van der Waals surface area contributed by atoms with Crippen molar-refractivity contribution in [3.05, 3.63) is 58.3 Å². The van der Waals surface area contributed by atoms with Crippen molar-refractivity contribution in [2.75, 3.05) is 0 Å². The molecule has 0 radical (unpaired) electrons. The summed E-state index contributed by atoms with van der Waals surface area (Å²) in [5.74, 6) is 0.193. The van der Waals surface area contributed by atoms with Crippen molar-refractivity contribution in [2.45, 2.75) is 0 Å². The van der Waals surface area contributed by atoms with Crippen LogP contribution in [0, 0.1) is 0 Å². The number of carbonyl (C=O) groups is 2. The highest BCUT2D eigenvalue weighted by molar-refractivity contribution is 8.18. The molecule has 1 aliphatic heterocycles. The molecule has 4 heterocycles. The van der Waals surface area contributed by atoms with Crippen molar-refractivity contribution in [3.63, 3.8) is 0 Å². The molecule has 7 nitrogen and oxygen atoms in total. The fourth-order valence-corrected chi connectivity index (χ4v) is 4.42. The molecule has 0 unspecified atom stereocenters. The van der Waals surface area contributed by atoms with E-state index < -0.39 is 11.1 Å². The first kappa shape index (κ1) is 17.2. The van der Waals surface area contributed by atoms with Gasteiger partial charge in [0.2, 0.25) is 4.96 Å². The molecule has 4 aromatic rings. The molecule has 3 aromatic heterocycles. The lowest BCUT2D eigenvalue weighted by Crippen LogP contribution is -2.17. The van der Waals surface area contributed by atoms with Crippen molar-refractivity contribution < 1.29 is 14.0 Å². The van der Waals surface area contributed by atoms with E-state index in [9.17, 15) is 9.59 Å². The topological polar surface area (TPSA) is 89.5 Å². The fraction of sp³-hybridized carbons (Fsp3) is 0. The molecule has 1 saturated heterocycles. The summed E-state index contributed by atoms with van der Waals surface area (Å²) in [6, 6.07) is 10.8. The lowest BCUT2D eigenvalue weighted by atomic mass is 10.1. The maximum absolute atomic E-state index is 12.0. The van der Waals surface area contributed by atoms with Crippen molar-refractivity contribution in [3.8, 4) is 22.0 Å². The Morgan fingerprint density at radius 1 is 1.18 bits per heavy atom. The Hall–Kier alpha value is -2.88. The molecule has 1 aliphatic rings. The average molecular weight is 429 g/mol. The lowest BCUT2D eigenvalue weighted by molar-refractivity contribution is -0.115. The van der Waals surface area contributed by atoms with Gasteiger partial charge in [-0.2, -0.15) is 5.10 Å². The number of thioether (sulfide) groups is 1. The molecule has 1 aromatic carbocycles. The number of hydrogen-bond donors (Lipinski definition) is 1. The molecule has 1 fully saturated rings. The zero-order valence-corrected chi connectivity index (χ0v) is 16.3. The highest BCUT2D eigenvalue weighted by atomic mass is 35.5. The molecule has 1 N–H and O–H groups in total. The molecular formula is C18H9ClN4O3S2. The third kappa shape index (κ3) is 2.93. The summed E-state index contributed by atoms with van der Waals surface area (Å²) in [6.07, 6.45) is 3.20. The standard InChI is InChI=1S/C18H9ClN4O3S2/c19-10-5-3-9(4-6-10)14-11(8-13-15(24)21-18(25)27-13)23-17(20-14)28-16(22-23)12-2-1-7-26-12/h1-8H,(H,21,24,25)/b13-8-. The second-order valence-electron chi connectivity index (χ2n) is 5.78. The number of nitrogens with zero attached hydrogens (tertiary/aromatic N) is 3. The van der Waals surface area contributed by atoms with Crippen molar-refractivity contribution in [1.82, 2.24) is 19.9 Å². The van der Waals surface area contributed by atoms with Crippen LogP contribution in [0.25, 0.3) is 33.1 Å². The number of amides is 2. The molecule has 0 atom stereocenters. The van der Waals surface area contributed by atoms with E-state index in [1.165, 1.54) is 11.3 Å². The van der Waals surface area contributed by atoms with Crippen molar-refractivity contribution in [1.29, 1.82) is 0 Å². The monoisotopic (exact) mass is 428 g/mol. The summed E-state index contributed by atoms with van der Waals surface area (Å²) >= 11 is 8.21. The third-order valence-corrected chi connectivity index (χ3v) is 5.98. The molecule has 0 spiro atoms. The second-order valence-corrected chi connectivity index (χ2v) is 8.19. The van der Waals surface area contributed by atoms with Gasteiger partial charge in [0.1, 0.15) is 0 Å². The largest absolute Gasteiger partial charge is 0.462 e. The number of imidazole rings is 1. The van der Waals surface area contributed by atoms with Gasteiger partial charge in [0.15, 0.2) is 10.8 Å². The first-order valence-corrected chi connectivity index (χ1v) is 10.0. The lowest BCUT2D eigenvalue weighted by Gasteiger charge is -2.01. The maximum atomic E-state index is 12.0. The second kappa shape index (κ2) is 6.62. The number of fused-ring (bicyclic) bond motifs is 1. The predicted molar refractivity (Wildman–Crippen MR) is 108 cm³/mol. The minimum atomic E-state index is -0.437. The third-order valence-electron chi connectivity index (χ3n) is 4.00. The van der Waals surface area contributed by atoms with Crippen LogP contribution in [0.5, 0.6) is 0 Å². The van der Waals surface area contributed by atoms with E-state index in [-0.39, 0.29) is 4.91 Å². The van der Waals surface area contributed by atoms with Gasteiger partial charge in [0, 0.05) is 10.6 Å². The first-order chi connectivity index (χ1) is 13.6. The van der Waals surface area contributed by atoms with E-state index in [1.807, 2.05) is 18.2 Å². The number of nitrogens with one attached hydrogen (secondary N) is 1. The molecular weight excluding hydrogens is 420 g/mol. The van der Waals surface area contributed by atoms with E-state index in [4.69, 9.17) is 21.0 Å². The van der Waals surface area contributed by atoms with Gasteiger partial charge in [-0.05, 0) is 42.1 Å². The first-order valence-electron chi connectivity index (χ1n) is 8.03. The summed E-state index contributed by atoms with van der Waals surface area (Å²) < 4.78 is 7.06. The number of rotatable bonds is 3. The van der Waals surface area contributed by atoms with Gasteiger partial charge in [0.05, 0.1) is 22.6 Å². The van der Waals surface area contributed by atoms with Crippen LogP contribution < -0.4 is 5.32 Å². The van der Waals surface area contributed by atoms with E-state index in [2.05, 4.69) is 10.4 Å². The van der Waals surface area contributed by atoms with Crippen LogP contribution in [-0.4, -0.2) is 25.7 Å². The number of benzene rings is 1. The minimum Gasteiger partial charge on any atom is -0.462 e. The summed E-state index contributed by atoms with van der Waals surface area (Å²) in [5.41, 5.74) is 2.06. The van der Waals surface area contributed by atoms with Crippen LogP contribution in [0.1, 0.15) is 5.69 Å². The Kier molecular flexibility index (Phi) is 4.08. The zero-order chi connectivity index (χ0) is 19.3. The molecule has 28 heavy (non-hydrogen) atoms. The van der Waals surface area contributed by atoms with Crippen LogP contribution in [0.4, 0.5) is 4.79 Å². The summed E-state index contributed by atoms with van der Waals surface area (Å²) in [6.45, 7) is 0. The maximum Gasteiger partial charge on any atom is 0.290 e. The Morgan fingerprint density at radius 3 is 2.68 bits per heavy atom. The molecule has 2 amide bonds. The highest BCUT2D eigenvalue weighted by Gasteiger charge is 2.27. The van der Waals surface area contributed by atoms with Gasteiger partial charge in [-0.1, -0.05) is 35.1 Å². The van der Waals surface area contributed by atoms with E-state index >= 15 is 0 Å². The number of furan rings is 1. The summed E-state index contributed by atoms with van der Waals surface area (Å²) in [4.78, 5) is 29.2. The number of halogens is 1. The Bertz CT molecular complexity index is 1260. The molecule has 10 heteroatoms. The average Bonchev–Trinajstić information content (AvgIpc) is 3.42. The van der Waals surface area contributed by atoms with Gasteiger partial charge in [0.25, 0.3) is 11.1 Å². The Morgan fingerprint density at radius 2 is 2.00 bits per heavy atom. The van der Waals surface area contributed by atoms with E-state index in [1.54, 1.807) is 35.1 Å². The SMILES string of the molecule is O=C1NC(=O)/C(=C/c2c(-c3ccc(Cl)cc3)nc3sc(-c4ccco4)nn23)S1. The Labute approximate surface area is 171 Å². The predicted octanol–water partition coefficient (Wildman–Crippen LogP) is 4.70. The van der Waals surface area contributed by atoms with E-state index in [0.29, 0.717) is 32.1 Å². The fourth-order valence-electron chi connectivity index (χ4n) is 2.76.